The fourth-order valence-corrected chi connectivity index (χ4v) is 4.56. The van der Waals surface area contributed by atoms with Crippen LogP contribution in [0.3, 0.4) is 0 Å². The first-order valence-electron chi connectivity index (χ1n) is 10.6. The highest BCUT2D eigenvalue weighted by Gasteiger charge is 2.16. The normalized spacial score (nSPS) is 17.0. The Morgan fingerprint density at radius 1 is 1.13 bits per heavy atom. The summed E-state index contributed by atoms with van der Waals surface area (Å²) < 4.78 is 13.0. The lowest BCUT2D eigenvalue weighted by Crippen LogP contribution is -2.17. The molecule has 0 radical (unpaired) electrons. The van der Waals surface area contributed by atoms with Crippen LogP contribution in [0, 0.1) is 20.8 Å². The molecule has 0 aliphatic carbocycles. The van der Waals surface area contributed by atoms with Gasteiger partial charge in [0.1, 0.15) is 5.75 Å². The van der Waals surface area contributed by atoms with Crippen LogP contribution in [0.15, 0.2) is 51.9 Å². The highest BCUT2D eigenvalue weighted by Crippen LogP contribution is 2.27. The summed E-state index contributed by atoms with van der Waals surface area (Å²) in [6.45, 7) is 7.97. The topological polar surface area (TPSA) is 48.1 Å². The number of hydrogen-bond donors (Lipinski definition) is 0. The minimum Gasteiger partial charge on any atom is -0.497 e. The zero-order chi connectivity index (χ0) is 21.8. The van der Waals surface area contributed by atoms with Crippen molar-refractivity contribution in [3.8, 4) is 17.0 Å². The second-order valence-electron chi connectivity index (χ2n) is 7.96. The minimum atomic E-state index is 0.216. The standard InChI is InChI=1S/C25H29N3O2S/c1-17-12-19(3)23(13-18(17)2)24-16-31-25(26-15-22-6-5-11-30-22)28(24)27-14-20-7-9-21(29-4)10-8-20/h7-10,12-14,16,22H,5-6,11,15H2,1-4H3. The maximum atomic E-state index is 5.76. The van der Waals surface area contributed by atoms with Crippen LogP contribution in [0.4, 0.5) is 0 Å². The van der Waals surface area contributed by atoms with Crippen molar-refractivity contribution in [3.05, 3.63) is 68.8 Å². The smallest absolute Gasteiger partial charge is 0.206 e. The van der Waals surface area contributed by atoms with Gasteiger partial charge in [-0.1, -0.05) is 6.07 Å². The van der Waals surface area contributed by atoms with E-state index in [2.05, 4.69) is 38.3 Å². The average Bonchev–Trinajstić information content (AvgIpc) is 3.43. The van der Waals surface area contributed by atoms with Crippen molar-refractivity contribution in [3.63, 3.8) is 0 Å². The van der Waals surface area contributed by atoms with E-state index in [1.165, 1.54) is 22.3 Å². The van der Waals surface area contributed by atoms with Crippen molar-refractivity contribution in [2.75, 3.05) is 20.3 Å². The summed E-state index contributed by atoms with van der Waals surface area (Å²) in [7, 11) is 1.67. The molecule has 4 rings (SSSR count). The molecule has 1 saturated heterocycles. The van der Waals surface area contributed by atoms with E-state index in [9.17, 15) is 0 Å². The van der Waals surface area contributed by atoms with Gasteiger partial charge in [-0.05, 0) is 86.2 Å². The summed E-state index contributed by atoms with van der Waals surface area (Å²) in [6, 6.07) is 12.4. The van der Waals surface area contributed by atoms with Gasteiger partial charge >= 0.3 is 0 Å². The number of thiazole rings is 1. The summed E-state index contributed by atoms with van der Waals surface area (Å²) in [5.74, 6) is 0.832. The van der Waals surface area contributed by atoms with E-state index in [0.717, 1.165) is 41.3 Å². The van der Waals surface area contributed by atoms with Gasteiger partial charge in [-0.25, -0.2) is 4.68 Å². The van der Waals surface area contributed by atoms with Crippen LogP contribution in [0.2, 0.25) is 0 Å². The highest BCUT2D eigenvalue weighted by atomic mass is 32.1. The average molecular weight is 436 g/mol. The molecule has 1 atom stereocenters. The number of rotatable bonds is 6. The Balaban J connectivity index is 1.75. The van der Waals surface area contributed by atoms with Gasteiger partial charge in [-0.3, -0.25) is 4.99 Å². The lowest BCUT2D eigenvalue weighted by molar-refractivity contribution is 0.117. The molecule has 0 amide bonds. The lowest BCUT2D eigenvalue weighted by Gasteiger charge is -2.11. The minimum absolute atomic E-state index is 0.216. The lowest BCUT2D eigenvalue weighted by atomic mass is 9.99. The third-order valence-corrected chi connectivity index (χ3v) is 6.55. The number of aromatic nitrogens is 1. The van der Waals surface area contributed by atoms with Crippen LogP contribution in [0.1, 0.15) is 35.1 Å². The van der Waals surface area contributed by atoms with E-state index in [-0.39, 0.29) is 6.10 Å². The van der Waals surface area contributed by atoms with E-state index in [0.29, 0.717) is 6.54 Å². The van der Waals surface area contributed by atoms with Crippen molar-refractivity contribution < 1.29 is 9.47 Å². The monoisotopic (exact) mass is 435 g/mol. The molecule has 162 valence electrons. The van der Waals surface area contributed by atoms with E-state index in [1.807, 2.05) is 35.2 Å². The largest absolute Gasteiger partial charge is 0.497 e. The second kappa shape index (κ2) is 9.62. The number of methoxy groups -OCH3 is 1. The molecular weight excluding hydrogens is 406 g/mol. The summed E-state index contributed by atoms with van der Waals surface area (Å²) in [6.07, 6.45) is 4.28. The maximum absolute atomic E-state index is 5.76. The van der Waals surface area contributed by atoms with Gasteiger partial charge in [-0.15, -0.1) is 11.3 Å². The fourth-order valence-electron chi connectivity index (χ4n) is 3.72. The number of ether oxygens (including phenoxy) is 2. The number of hydrogen-bond acceptors (Lipinski definition) is 5. The Bertz CT molecular complexity index is 1140. The second-order valence-corrected chi connectivity index (χ2v) is 8.80. The zero-order valence-corrected chi connectivity index (χ0v) is 19.4. The van der Waals surface area contributed by atoms with Crippen molar-refractivity contribution in [2.45, 2.75) is 39.7 Å². The van der Waals surface area contributed by atoms with Crippen LogP contribution in [0.25, 0.3) is 11.3 Å². The number of aryl methyl sites for hydroxylation is 3. The van der Waals surface area contributed by atoms with Gasteiger partial charge in [0, 0.05) is 17.6 Å². The fraction of sp³-hybridized carbons (Fsp3) is 0.360. The molecule has 5 nitrogen and oxygen atoms in total. The first kappa shape index (κ1) is 21.5. The Labute approximate surface area is 187 Å². The van der Waals surface area contributed by atoms with Gasteiger partial charge in [-0.2, -0.15) is 5.10 Å². The maximum Gasteiger partial charge on any atom is 0.206 e. The Kier molecular flexibility index (Phi) is 6.68. The molecule has 0 N–H and O–H groups in total. The molecule has 6 heteroatoms. The van der Waals surface area contributed by atoms with Crippen molar-refractivity contribution in [1.29, 1.82) is 0 Å². The molecule has 0 bridgehead atoms. The van der Waals surface area contributed by atoms with Crippen LogP contribution in [-0.2, 0) is 4.74 Å². The Hall–Kier alpha value is -2.70. The molecule has 1 fully saturated rings. The summed E-state index contributed by atoms with van der Waals surface area (Å²) in [4.78, 5) is 5.75. The zero-order valence-electron chi connectivity index (χ0n) is 18.6. The molecule has 2 aromatic carbocycles. The van der Waals surface area contributed by atoms with E-state index in [4.69, 9.17) is 19.6 Å². The molecule has 1 aliphatic heterocycles. The molecule has 1 aromatic heterocycles. The summed E-state index contributed by atoms with van der Waals surface area (Å²) >= 11 is 1.62. The van der Waals surface area contributed by atoms with Crippen molar-refractivity contribution in [1.82, 2.24) is 4.68 Å². The predicted molar refractivity (Wildman–Crippen MR) is 127 cm³/mol. The molecule has 2 heterocycles. The van der Waals surface area contributed by atoms with Crippen molar-refractivity contribution in [2.24, 2.45) is 10.1 Å². The highest BCUT2D eigenvalue weighted by molar-refractivity contribution is 7.07. The molecule has 1 aliphatic rings. The SMILES string of the molecule is COc1ccc(C=Nn2c(-c3cc(C)c(C)cc3C)csc2=NCC2CCCO2)cc1. The summed E-state index contributed by atoms with van der Waals surface area (Å²) in [5, 5.41) is 6.98. The molecule has 0 spiro atoms. The van der Waals surface area contributed by atoms with Gasteiger partial charge in [0.15, 0.2) is 0 Å². The van der Waals surface area contributed by atoms with E-state index < -0.39 is 0 Å². The van der Waals surface area contributed by atoms with Crippen LogP contribution in [0.5, 0.6) is 5.75 Å². The first-order valence-corrected chi connectivity index (χ1v) is 11.5. The van der Waals surface area contributed by atoms with Crippen LogP contribution >= 0.6 is 11.3 Å². The quantitative estimate of drug-likeness (QED) is 0.505. The molecule has 1 unspecified atom stereocenters. The third kappa shape index (κ3) is 4.97. The third-order valence-electron chi connectivity index (χ3n) is 5.69. The molecular formula is C25H29N3O2S. The molecule has 3 aromatic rings. The Morgan fingerprint density at radius 3 is 2.61 bits per heavy atom. The van der Waals surface area contributed by atoms with E-state index in [1.54, 1.807) is 18.4 Å². The molecule has 31 heavy (non-hydrogen) atoms. The van der Waals surface area contributed by atoms with Gasteiger partial charge in [0.05, 0.1) is 31.7 Å². The van der Waals surface area contributed by atoms with Crippen molar-refractivity contribution >= 4 is 17.6 Å². The predicted octanol–water partition coefficient (Wildman–Crippen LogP) is 5.11. The summed E-state index contributed by atoms with van der Waals surface area (Å²) in [5.41, 5.74) is 7.06. The Morgan fingerprint density at radius 2 is 1.90 bits per heavy atom. The van der Waals surface area contributed by atoms with Crippen LogP contribution in [-0.4, -0.2) is 37.3 Å². The number of benzene rings is 2. The van der Waals surface area contributed by atoms with E-state index >= 15 is 0 Å². The van der Waals surface area contributed by atoms with Crippen LogP contribution < -0.4 is 9.54 Å². The first-order chi connectivity index (χ1) is 15.0. The van der Waals surface area contributed by atoms with Gasteiger partial charge in [0.25, 0.3) is 0 Å². The van der Waals surface area contributed by atoms with Gasteiger partial charge < -0.3 is 9.47 Å². The van der Waals surface area contributed by atoms with Gasteiger partial charge in [0.2, 0.25) is 4.80 Å². The molecule has 0 saturated carbocycles. The number of nitrogens with zero attached hydrogens (tertiary/aromatic N) is 3.